The first-order valence-corrected chi connectivity index (χ1v) is 14.3. The minimum Gasteiger partial charge on any atom is -0.466 e. The molecule has 3 aromatic carbocycles. The molecule has 2 aliphatic rings. The molecule has 1 saturated carbocycles. The van der Waals surface area contributed by atoms with Gasteiger partial charge >= 0.3 is 5.97 Å². The summed E-state index contributed by atoms with van der Waals surface area (Å²) in [5, 5.41) is 11.2. The van der Waals surface area contributed by atoms with E-state index < -0.39 is 17.7 Å². The number of fused-ring (bicyclic) bond motifs is 1. The summed E-state index contributed by atoms with van der Waals surface area (Å²) in [6.07, 6.45) is 1.55. The third-order valence-corrected chi connectivity index (χ3v) is 8.48. The van der Waals surface area contributed by atoms with Gasteiger partial charge in [0, 0.05) is 36.6 Å². The van der Waals surface area contributed by atoms with Gasteiger partial charge in [-0.3, -0.25) is 14.5 Å². The summed E-state index contributed by atoms with van der Waals surface area (Å²) in [6, 6.07) is 19.0. The van der Waals surface area contributed by atoms with Gasteiger partial charge in [0.05, 0.1) is 32.3 Å². The zero-order valence-corrected chi connectivity index (χ0v) is 24.4. The van der Waals surface area contributed by atoms with Crippen molar-refractivity contribution >= 4 is 51.0 Å². The van der Waals surface area contributed by atoms with Crippen LogP contribution in [0.1, 0.15) is 59.3 Å². The molecule has 204 valence electrons. The normalized spacial score (nSPS) is 20.0. The van der Waals surface area contributed by atoms with Crippen molar-refractivity contribution in [3.63, 3.8) is 0 Å². The maximum Gasteiger partial charge on any atom is 0.308 e. The van der Waals surface area contributed by atoms with Crippen LogP contribution in [-0.2, 0) is 20.0 Å². The van der Waals surface area contributed by atoms with Crippen LogP contribution in [-0.4, -0.2) is 41.7 Å². The number of rotatable bonds is 10. The summed E-state index contributed by atoms with van der Waals surface area (Å²) in [4.78, 5) is 29.0. The maximum atomic E-state index is 14.4. The molecule has 0 spiro atoms. The van der Waals surface area contributed by atoms with Crippen molar-refractivity contribution in [3.8, 4) is 0 Å². The number of carbonyl (C=O) groups excluding carboxylic acids is 2. The Labute approximate surface area is 245 Å². The molecule has 6 nitrogen and oxygen atoms in total. The Morgan fingerprint density at radius 3 is 2.28 bits per heavy atom. The Kier molecular flexibility index (Phi) is 8.09. The predicted octanol–water partition coefficient (Wildman–Crippen LogP) is 6.90. The van der Waals surface area contributed by atoms with Crippen LogP contribution in [0, 0.1) is 5.41 Å². The number of hydrogen-bond acceptors (Lipinski definition) is 5. The number of aliphatic hydroxyl groups excluding tert-OH is 1. The molecule has 5 rings (SSSR count). The summed E-state index contributed by atoms with van der Waals surface area (Å²) in [5.41, 5.74) is 0.712. The Morgan fingerprint density at radius 1 is 1.05 bits per heavy atom. The lowest BCUT2D eigenvalue weighted by Gasteiger charge is -2.44. The van der Waals surface area contributed by atoms with E-state index in [0.717, 1.165) is 17.3 Å². The van der Waals surface area contributed by atoms with E-state index in [1.807, 2.05) is 24.3 Å². The van der Waals surface area contributed by atoms with Gasteiger partial charge in [-0.2, -0.15) is 0 Å². The highest BCUT2D eigenvalue weighted by Crippen LogP contribution is 2.54. The van der Waals surface area contributed by atoms with Crippen LogP contribution >= 0.6 is 39.1 Å². The molecule has 1 amide bonds. The molecule has 1 aliphatic carbocycles. The van der Waals surface area contributed by atoms with Crippen molar-refractivity contribution in [1.82, 2.24) is 4.90 Å². The summed E-state index contributed by atoms with van der Waals surface area (Å²) < 4.78 is 12.9. The number of nitrogens with zero attached hydrogens (tertiary/aromatic N) is 1. The van der Waals surface area contributed by atoms with Crippen molar-refractivity contribution in [2.45, 2.75) is 38.0 Å². The Balaban J connectivity index is 1.75. The van der Waals surface area contributed by atoms with E-state index in [1.54, 1.807) is 54.3 Å². The van der Waals surface area contributed by atoms with Gasteiger partial charge < -0.3 is 14.6 Å². The van der Waals surface area contributed by atoms with E-state index in [9.17, 15) is 14.7 Å². The van der Waals surface area contributed by atoms with Gasteiger partial charge in [-0.1, -0.05) is 69.5 Å². The second-order valence-corrected chi connectivity index (χ2v) is 11.8. The molecule has 0 saturated heterocycles. The van der Waals surface area contributed by atoms with E-state index in [-0.39, 0.29) is 37.6 Å². The maximum absolute atomic E-state index is 14.4. The van der Waals surface area contributed by atoms with Crippen molar-refractivity contribution in [2.24, 2.45) is 5.41 Å². The Morgan fingerprint density at radius 2 is 1.69 bits per heavy atom. The molecule has 1 fully saturated rings. The van der Waals surface area contributed by atoms with Crippen molar-refractivity contribution in [3.05, 3.63) is 104 Å². The van der Waals surface area contributed by atoms with Gasteiger partial charge in [0.2, 0.25) is 0 Å². The standard InChI is InChI=1S/C30H28BrCl2NO5/c1-2-38-27(36)16-26(19-3-8-22(32)9-4-19)34-28(37)24-15-21(31)7-12-25(24)30(34,20-5-10-23(33)11-6-20)39-18-29(17-35)13-14-29/h3-12,15,26,35H,2,13-14,16-18H2,1H3/t26-,30-/m0/s1. The lowest BCUT2D eigenvalue weighted by Crippen LogP contribution is -2.50. The van der Waals surface area contributed by atoms with Gasteiger partial charge in [-0.05, 0) is 61.7 Å². The zero-order valence-electron chi connectivity index (χ0n) is 21.3. The molecular formula is C30H28BrCl2NO5. The van der Waals surface area contributed by atoms with Gasteiger partial charge in [-0.25, -0.2) is 0 Å². The first kappa shape index (κ1) is 28.1. The number of carbonyl (C=O) groups is 2. The first-order chi connectivity index (χ1) is 18.7. The van der Waals surface area contributed by atoms with E-state index in [0.29, 0.717) is 32.3 Å². The highest BCUT2D eigenvalue weighted by atomic mass is 79.9. The lowest BCUT2D eigenvalue weighted by molar-refractivity contribution is -0.154. The molecule has 0 unspecified atom stereocenters. The van der Waals surface area contributed by atoms with E-state index >= 15 is 0 Å². The Bertz CT molecular complexity index is 1380. The second-order valence-electron chi connectivity index (χ2n) is 10.0. The highest BCUT2D eigenvalue weighted by molar-refractivity contribution is 9.10. The van der Waals surface area contributed by atoms with E-state index in [1.165, 1.54) is 0 Å². The van der Waals surface area contributed by atoms with Crippen LogP contribution in [0.2, 0.25) is 10.0 Å². The average molecular weight is 633 g/mol. The number of benzene rings is 3. The largest absolute Gasteiger partial charge is 0.466 e. The third-order valence-electron chi connectivity index (χ3n) is 7.48. The zero-order chi connectivity index (χ0) is 27.8. The minimum atomic E-state index is -1.40. The average Bonchev–Trinajstić information content (AvgIpc) is 3.67. The number of esters is 1. The SMILES string of the molecule is CCOC(=O)C[C@@H](c1ccc(Cl)cc1)N1C(=O)c2cc(Br)ccc2[C@@]1(OCC1(CO)CC1)c1ccc(Cl)cc1. The molecule has 2 atom stereocenters. The van der Waals surface area contributed by atoms with Crippen molar-refractivity contribution in [1.29, 1.82) is 0 Å². The summed E-state index contributed by atoms with van der Waals surface area (Å²) in [6.45, 7) is 2.16. The van der Waals surface area contributed by atoms with Gasteiger partial charge in [-0.15, -0.1) is 0 Å². The molecule has 1 heterocycles. The molecule has 3 aromatic rings. The molecule has 1 N–H and O–H groups in total. The van der Waals surface area contributed by atoms with Crippen LogP contribution in [0.3, 0.4) is 0 Å². The number of halogens is 3. The monoisotopic (exact) mass is 631 g/mol. The van der Waals surface area contributed by atoms with Gasteiger partial charge in [0.15, 0.2) is 5.72 Å². The van der Waals surface area contributed by atoms with Crippen LogP contribution in [0.15, 0.2) is 71.2 Å². The van der Waals surface area contributed by atoms with Gasteiger partial charge in [0.1, 0.15) is 0 Å². The van der Waals surface area contributed by atoms with Crippen molar-refractivity contribution in [2.75, 3.05) is 19.8 Å². The fourth-order valence-electron chi connectivity index (χ4n) is 5.16. The molecule has 0 bridgehead atoms. The van der Waals surface area contributed by atoms with E-state index in [2.05, 4.69) is 15.9 Å². The predicted molar refractivity (Wildman–Crippen MR) is 153 cm³/mol. The van der Waals surface area contributed by atoms with Crippen molar-refractivity contribution < 1.29 is 24.2 Å². The van der Waals surface area contributed by atoms with Crippen LogP contribution in [0.5, 0.6) is 0 Å². The molecule has 0 radical (unpaired) electrons. The quantitative estimate of drug-likeness (QED) is 0.246. The Hall–Kier alpha value is -2.42. The molecule has 39 heavy (non-hydrogen) atoms. The summed E-state index contributed by atoms with van der Waals surface area (Å²) in [7, 11) is 0. The second kappa shape index (κ2) is 11.2. The molecule has 0 aromatic heterocycles. The fraction of sp³-hybridized carbons (Fsp3) is 0.333. The number of aliphatic hydroxyl groups is 1. The van der Waals surface area contributed by atoms with Gasteiger partial charge in [0.25, 0.3) is 5.91 Å². The molecule has 9 heteroatoms. The topological polar surface area (TPSA) is 76.1 Å². The van der Waals surface area contributed by atoms with Crippen LogP contribution in [0.25, 0.3) is 0 Å². The van der Waals surface area contributed by atoms with Crippen LogP contribution in [0.4, 0.5) is 0 Å². The number of ether oxygens (including phenoxy) is 2. The molecule has 1 aliphatic heterocycles. The number of hydrogen-bond donors (Lipinski definition) is 1. The molecular weight excluding hydrogens is 605 g/mol. The smallest absolute Gasteiger partial charge is 0.308 e. The lowest BCUT2D eigenvalue weighted by atomic mass is 9.91. The third kappa shape index (κ3) is 5.35. The highest BCUT2D eigenvalue weighted by Gasteiger charge is 2.57. The first-order valence-electron chi connectivity index (χ1n) is 12.8. The summed E-state index contributed by atoms with van der Waals surface area (Å²) in [5.74, 6) is -0.735. The number of amides is 1. The minimum absolute atomic E-state index is 0.0196. The van der Waals surface area contributed by atoms with E-state index in [4.69, 9.17) is 32.7 Å². The van der Waals surface area contributed by atoms with Crippen LogP contribution < -0.4 is 0 Å². The summed E-state index contributed by atoms with van der Waals surface area (Å²) >= 11 is 16.0. The fourth-order valence-corrected chi connectivity index (χ4v) is 5.77.